The Morgan fingerprint density at radius 1 is 1.14 bits per heavy atom. The van der Waals surface area contributed by atoms with Crippen LogP contribution in [0.1, 0.15) is 16.5 Å². The number of benzene rings is 1. The lowest BCUT2D eigenvalue weighted by molar-refractivity contribution is -0.140. The van der Waals surface area contributed by atoms with Gasteiger partial charge < -0.3 is 14.7 Å². The average molecular weight is 433 g/mol. The summed E-state index contributed by atoms with van der Waals surface area (Å²) in [5.41, 5.74) is 0.587. The highest BCUT2D eigenvalue weighted by molar-refractivity contribution is 7.10. The monoisotopic (exact) mass is 432 g/mol. The maximum atomic E-state index is 12.9. The van der Waals surface area contributed by atoms with Gasteiger partial charge in [0.1, 0.15) is 5.76 Å². The second-order valence-corrected chi connectivity index (χ2v) is 8.38. The van der Waals surface area contributed by atoms with E-state index in [4.69, 9.17) is 16.3 Å². The summed E-state index contributed by atoms with van der Waals surface area (Å²) in [6.45, 7) is 4.01. The predicted molar refractivity (Wildman–Crippen MR) is 112 cm³/mol. The first kappa shape index (κ1) is 20.1. The summed E-state index contributed by atoms with van der Waals surface area (Å²) < 4.78 is 5.37. The Morgan fingerprint density at radius 3 is 2.52 bits per heavy atom. The Hall–Kier alpha value is -2.19. The number of thiophene rings is 1. The van der Waals surface area contributed by atoms with Crippen LogP contribution in [0.5, 0.6) is 0 Å². The SMILES string of the molecule is O=C1C(=O)N(CCN2CCOCC2)C(c2cccs2)/C1=C(\O)c1ccc(Cl)cc1. The molecule has 2 saturated heterocycles. The van der Waals surface area contributed by atoms with Gasteiger partial charge in [0.2, 0.25) is 0 Å². The Bertz CT molecular complexity index is 921. The first-order chi connectivity index (χ1) is 14.1. The van der Waals surface area contributed by atoms with Crippen molar-refractivity contribution in [3.05, 3.63) is 62.8 Å². The first-order valence-corrected chi connectivity index (χ1v) is 10.7. The number of amides is 1. The highest BCUT2D eigenvalue weighted by Crippen LogP contribution is 2.41. The van der Waals surface area contributed by atoms with Crippen molar-refractivity contribution in [3.8, 4) is 0 Å². The normalized spacial score (nSPS) is 22.4. The van der Waals surface area contributed by atoms with Gasteiger partial charge in [-0.25, -0.2) is 0 Å². The van der Waals surface area contributed by atoms with E-state index in [2.05, 4.69) is 4.90 Å². The van der Waals surface area contributed by atoms with E-state index in [9.17, 15) is 14.7 Å². The summed E-state index contributed by atoms with van der Waals surface area (Å²) in [5.74, 6) is -1.41. The topological polar surface area (TPSA) is 70.1 Å². The largest absolute Gasteiger partial charge is 0.507 e. The molecule has 1 atom stereocenters. The lowest BCUT2D eigenvalue weighted by atomic mass is 10.00. The summed E-state index contributed by atoms with van der Waals surface area (Å²) in [7, 11) is 0. The van der Waals surface area contributed by atoms with Crippen LogP contribution in [0.3, 0.4) is 0 Å². The molecule has 1 unspecified atom stereocenters. The number of carbonyl (C=O) groups excluding carboxylic acids is 2. The molecule has 0 spiro atoms. The van der Waals surface area contributed by atoms with Gasteiger partial charge in [-0.2, -0.15) is 0 Å². The van der Waals surface area contributed by atoms with Crippen molar-refractivity contribution in [2.45, 2.75) is 6.04 Å². The van der Waals surface area contributed by atoms with Crippen LogP contribution in [-0.4, -0.2) is 66.0 Å². The Morgan fingerprint density at radius 2 is 1.86 bits per heavy atom. The molecule has 2 fully saturated rings. The fraction of sp³-hybridized carbons (Fsp3) is 0.333. The van der Waals surface area contributed by atoms with Gasteiger partial charge in [0.25, 0.3) is 11.7 Å². The number of aliphatic hydroxyl groups excluding tert-OH is 1. The van der Waals surface area contributed by atoms with Gasteiger partial charge in [-0.05, 0) is 35.7 Å². The molecule has 3 heterocycles. The number of aliphatic hydroxyl groups is 1. The highest BCUT2D eigenvalue weighted by Gasteiger charge is 2.46. The van der Waals surface area contributed by atoms with E-state index >= 15 is 0 Å². The van der Waals surface area contributed by atoms with Gasteiger partial charge in [0.15, 0.2) is 0 Å². The molecule has 1 N–H and O–H groups in total. The fourth-order valence-corrected chi connectivity index (χ4v) is 4.66. The van der Waals surface area contributed by atoms with Crippen molar-refractivity contribution in [2.24, 2.45) is 0 Å². The standard InChI is InChI=1S/C21H21ClN2O4S/c22-15-5-3-14(4-6-15)19(25)17-18(16-2-1-13-29-16)24(21(27)20(17)26)8-7-23-9-11-28-12-10-23/h1-6,13,18,25H,7-12H2/b19-17+. The number of Topliss-reactive ketones (excluding diaryl/α,β-unsaturated/α-hetero) is 1. The van der Waals surface area contributed by atoms with Crippen LogP contribution in [0.4, 0.5) is 0 Å². The molecule has 2 aliphatic heterocycles. The zero-order valence-electron chi connectivity index (χ0n) is 15.7. The van der Waals surface area contributed by atoms with Crippen molar-refractivity contribution in [2.75, 3.05) is 39.4 Å². The van der Waals surface area contributed by atoms with Gasteiger partial charge in [-0.1, -0.05) is 17.7 Å². The van der Waals surface area contributed by atoms with Crippen molar-refractivity contribution in [3.63, 3.8) is 0 Å². The molecule has 2 aliphatic rings. The summed E-state index contributed by atoms with van der Waals surface area (Å²) in [6.07, 6.45) is 0. The number of ether oxygens (including phenoxy) is 1. The van der Waals surface area contributed by atoms with E-state index in [1.807, 2.05) is 17.5 Å². The number of rotatable bonds is 5. The number of ketones is 1. The molecule has 1 amide bonds. The molecule has 152 valence electrons. The molecule has 2 aromatic rings. The first-order valence-electron chi connectivity index (χ1n) is 9.44. The molecule has 1 aromatic carbocycles. The van der Waals surface area contributed by atoms with Gasteiger partial charge in [-0.15, -0.1) is 11.3 Å². The van der Waals surface area contributed by atoms with Gasteiger partial charge in [-0.3, -0.25) is 14.5 Å². The average Bonchev–Trinajstić information content (AvgIpc) is 3.35. The number of halogens is 1. The minimum Gasteiger partial charge on any atom is -0.507 e. The number of nitrogens with zero attached hydrogens (tertiary/aromatic N) is 2. The third-order valence-electron chi connectivity index (χ3n) is 5.23. The maximum absolute atomic E-state index is 12.9. The van der Waals surface area contributed by atoms with Crippen LogP contribution in [0.2, 0.25) is 5.02 Å². The van der Waals surface area contributed by atoms with Crippen molar-refractivity contribution in [1.82, 2.24) is 9.80 Å². The molecular formula is C21H21ClN2O4S. The quantitative estimate of drug-likeness (QED) is 0.446. The summed E-state index contributed by atoms with van der Waals surface area (Å²) in [4.78, 5) is 30.4. The fourth-order valence-electron chi connectivity index (χ4n) is 3.69. The molecule has 0 bridgehead atoms. The molecule has 0 saturated carbocycles. The van der Waals surface area contributed by atoms with Gasteiger partial charge in [0.05, 0.1) is 24.8 Å². The second-order valence-electron chi connectivity index (χ2n) is 6.97. The highest BCUT2D eigenvalue weighted by atomic mass is 35.5. The van der Waals surface area contributed by atoms with Crippen molar-refractivity contribution >= 4 is 40.4 Å². The summed E-state index contributed by atoms with van der Waals surface area (Å²) in [5, 5.41) is 13.4. The smallest absolute Gasteiger partial charge is 0.295 e. The van der Waals surface area contributed by atoms with E-state index in [1.54, 1.807) is 29.2 Å². The molecule has 4 rings (SSSR count). The van der Waals surface area contributed by atoms with E-state index < -0.39 is 17.7 Å². The lowest BCUT2D eigenvalue weighted by Crippen LogP contribution is -2.42. The number of morpholine rings is 1. The number of likely N-dealkylation sites (tertiary alicyclic amines) is 1. The van der Waals surface area contributed by atoms with Crippen molar-refractivity contribution < 1.29 is 19.4 Å². The molecule has 1 aromatic heterocycles. The van der Waals surface area contributed by atoms with E-state index in [1.165, 1.54) is 11.3 Å². The third-order valence-corrected chi connectivity index (χ3v) is 6.41. The van der Waals surface area contributed by atoms with Crippen LogP contribution in [0.25, 0.3) is 5.76 Å². The minimum absolute atomic E-state index is 0.127. The Kier molecular flexibility index (Phi) is 6.01. The number of hydrogen-bond acceptors (Lipinski definition) is 6. The second kappa shape index (κ2) is 8.67. The van der Waals surface area contributed by atoms with Crippen LogP contribution in [0.15, 0.2) is 47.4 Å². The summed E-state index contributed by atoms with van der Waals surface area (Å²) >= 11 is 7.40. The van der Waals surface area contributed by atoms with Gasteiger partial charge >= 0.3 is 0 Å². The van der Waals surface area contributed by atoms with E-state index in [-0.39, 0.29) is 11.3 Å². The zero-order chi connectivity index (χ0) is 20.4. The third kappa shape index (κ3) is 4.09. The predicted octanol–water partition coefficient (Wildman–Crippen LogP) is 3.16. The Labute approximate surface area is 177 Å². The Balaban J connectivity index is 1.68. The zero-order valence-corrected chi connectivity index (χ0v) is 17.3. The van der Waals surface area contributed by atoms with Crippen LogP contribution in [0, 0.1) is 0 Å². The van der Waals surface area contributed by atoms with Crippen LogP contribution in [-0.2, 0) is 14.3 Å². The van der Waals surface area contributed by atoms with E-state index in [0.29, 0.717) is 36.9 Å². The van der Waals surface area contributed by atoms with Crippen molar-refractivity contribution in [1.29, 1.82) is 0 Å². The molecule has 0 radical (unpaired) electrons. The minimum atomic E-state index is -0.655. The van der Waals surface area contributed by atoms with Crippen LogP contribution >= 0.6 is 22.9 Å². The number of carbonyl (C=O) groups is 2. The molecule has 0 aliphatic carbocycles. The molecule has 6 nitrogen and oxygen atoms in total. The summed E-state index contributed by atoms with van der Waals surface area (Å²) in [6, 6.07) is 9.75. The molecule has 8 heteroatoms. The molecular weight excluding hydrogens is 412 g/mol. The lowest BCUT2D eigenvalue weighted by Gasteiger charge is -2.30. The molecule has 29 heavy (non-hydrogen) atoms. The van der Waals surface area contributed by atoms with Gasteiger partial charge in [0, 0.05) is 41.6 Å². The maximum Gasteiger partial charge on any atom is 0.295 e. The van der Waals surface area contributed by atoms with Crippen LogP contribution < -0.4 is 0 Å². The number of hydrogen-bond donors (Lipinski definition) is 1. The van der Waals surface area contributed by atoms with E-state index in [0.717, 1.165) is 18.0 Å².